The van der Waals surface area contributed by atoms with Crippen LogP contribution in [0.1, 0.15) is 32.1 Å². The monoisotopic (exact) mass is 490 g/mol. The number of nitrogens with one attached hydrogen (secondary N) is 2. The van der Waals surface area contributed by atoms with Gasteiger partial charge in [-0.3, -0.25) is 14.4 Å². The van der Waals surface area contributed by atoms with Crippen LogP contribution in [0.5, 0.6) is 0 Å². The first-order valence-electron chi connectivity index (χ1n) is 11.3. The predicted octanol–water partition coefficient (Wildman–Crippen LogP) is 0.0495. The van der Waals surface area contributed by atoms with E-state index in [1.54, 1.807) is 0 Å². The average Bonchev–Trinajstić information content (AvgIpc) is 2.81. The Bertz CT molecular complexity index is 598. The topological polar surface area (TPSA) is 159 Å². The number of carbonyl (C=O) groups excluding carboxylic acids is 3. The molecule has 0 fully saturated rings. The van der Waals surface area contributed by atoms with Crippen molar-refractivity contribution < 1.29 is 48.0 Å². The summed E-state index contributed by atoms with van der Waals surface area (Å²) in [5.41, 5.74) is 0. The van der Waals surface area contributed by atoms with Crippen LogP contribution in [0.2, 0.25) is 0 Å². The van der Waals surface area contributed by atoms with Gasteiger partial charge in [0.25, 0.3) is 0 Å². The average molecular weight is 491 g/mol. The number of hydrogen-bond acceptors (Lipinski definition) is 9. The molecule has 0 heterocycles. The van der Waals surface area contributed by atoms with Crippen molar-refractivity contribution in [1.82, 2.24) is 10.6 Å². The van der Waals surface area contributed by atoms with Crippen LogP contribution < -0.4 is 10.6 Å². The molecule has 0 aromatic heterocycles. The third kappa shape index (κ3) is 24.1. The van der Waals surface area contributed by atoms with Crippen LogP contribution in [0.3, 0.4) is 0 Å². The van der Waals surface area contributed by atoms with Gasteiger partial charge in [-0.2, -0.15) is 0 Å². The van der Waals surface area contributed by atoms with E-state index >= 15 is 0 Å². The molecule has 0 saturated carbocycles. The number of carbonyl (C=O) groups is 4. The Hall–Kier alpha value is -2.54. The number of carboxylic acid groups (broad SMARTS) is 1. The number of esters is 1. The van der Waals surface area contributed by atoms with Crippen molar-refractivity contribution in [3.63, 3.8) is 0 Å². The van der Waals surface area contributed by atoms with Crippen molar-refractivity contribution in [1.29, 1.82) is 0 Å². The fraction of sp³-hybridized carbons (Fsp3) is 0.727. The molecule has 0 spiro atoms. The molecule has 34 heavy (non-hydrogen) atoms. The summed E-state index contributed by atoms with van der Waals surface area (Å²) < 4.78 is 25.5. The van der Waals surface area contributed by atoms with Crippen molar-refractivity contribution in [3.8, 4) is 0 Å². The highest BCUT2D eigenvalue weighted by atomic mass is 16.6. The first-order valence-corrected chi connectivity index (χ1v) is 11.3. The Morgan fingerprint density at radius 1 is 0.676 bits per heavy atom. The van der Waals surface area contributed by atoms with E-state index < -0.39 is 11.9 Å². The van der Waals surface area contributed by atoms with E-state index in [0.717, 1.165) is 25.0 Å². The minimum absolute atomic E-state index is 0.0180. The lowest BCUT2D eigenvalue weighted by Crippen LogP contribution is -2.27. The van der Waals surface area contributed by atoms with Crippen molar-refractivity contribution in [2.75, 3.05) is 73.1 Å². The van der Waals surface area contributed by atoms with E-state index in [1.807, 2.05) is 0 Å². The number of ether oxygens (including phenoxy) is 5. The summed E-state index contributed by atoms with van der Waals surface area (Å²) >= 11 is 0. The van der Waals surface area contributed by atoms with Gasteiger partial charge in [-0.25, -0.2) is 4.79 Å². The van der Waals surface area contributed by atoms with Gasteiger partial charge in [-0.15, -0.1) is 0 Å². The molecule has 0 saturated heterocycles. The summed E-state index contributed by atoms with van der Waals surface area (Å²) in [4.78, 5) is 44.3. The molecule has 0 unspecified atom stereocenters. The van der Waals surface area contributed by atoms with Gasteiger partial charge in [-0.1, -0.05) is 6.42 Å². The lowest BCUT2D eigenvalue weighted by Gasteiger charge is -2.08. The van der Waals surface area contributed by atoms with Gasteiger partial charge in [0, 0.05) is 31.7 Å². The summed E-state index contributed by atoms with van der Waals surface area (Å²) in [6.45, 7) is 3.85. The summed E-state index contributed by atoms with van der Waals surface area (Å²) in [6.07, 6.45) is 4.81. The Morgan fingerprint density at radius 3 is 1.85 bits per heavy atom. The van der Waals surface area contributed by atoms with Crippen LogP contribution in [-0.2, 0) is 42.9 Å². The summed E-state index contributed by atoms with van der Waals surface area (Å²) in [5, 5.41) is 13.9. The number of rotatable bonds is 23. The molecule has 3 N–H and O–H groups in total. The van der Waals surface area contributed by atoms with Crippen molar-refractivity contribution in [3.05, 3.63) is 12.2 Å². The first-order chi connectivity index (χ1) is 16.5. The van der Waals surface area contributed by atoms with Crippen LogP contribution in [0.15, 0.2) is 12.2 Å². The van der Waals surface area contributed by atoms with Gasteiger partial charge in [0.2, 0.25) is 11.8 Å². The molecule has 0 aliphatic rings. The molecule has 196 valence electrons. The Balaban J connectivity index is 3.31. The maximum absolute atomic E-state index is 11.7. The van der Waals surface area contributed by atoms with Crippen LogP contribution >= 0.6 is 0 Å². The molecule has 0 radical (unpaired) electrons. The molecule has 0 aliphatic carbocycles. The smallest absolute Gasteiger partial charge is 0.330 e. The minimum atomic E-state index is -0.889. The molecule has 0 aromatic carbocycles. The molecule has 12 nitrogen and oxygen atoms in total. The number of hydrogen-bond donors (Lipinski definition) is 3. The lowest BCUT2D eigenvalue weighted by molar-refractivity contribution is -0.138. The second-order valence-corrected chi connectivity index (χ2v) is 6.90. The fourth-order valence-corrected chi connectivity index (χ4v) is 2.34. The Morgan fingerprint density at radius 2 is 1.26 bits per heavy atom. The summed E-state index contributed by atoms with van der Waals surface area (Å²) in [7, 11) is 1.24. The fourth-order valence-electron chi connectivity index (χ4n) is 2.34. The second kappa shape index (κ2) is 23.6. The second-order valence-electron chi connectivity index (χ2n) is 6.90. The first kappa shape index (κ1) is 31.5. The molecule has 0 aromatic rings. The Labute approximate surface area is 200 Å². The lowest BCUT2D eigenvalue weighted by atomic mass is 10.2. The zero-order valence-corrected chi connectivity index (χ0v) is 19.9. The van der Waals surface area contributed by atoms with E-state index in [1.165, 1.54) is 7.11 Å². The van der Waals surface area contributed by atoms with Crippen LogP contribution in [0.4, 0.5) is 0 Å². The minimum Gasteiger partial charge on any atom is -0.481 e. The van der Waals surface area contributed by atoms with Crippen molar-refractivity contribution in [2.45, 2.75) is 32.1 Å². The highest BCUT2D eigenvalue weighted by Crippen LogP contribution is 1.99. The number of aliphatic carboxylic acids is 1. The van der Waals surface area contributed by atoms with Crippen LogP contribution in [0, 0.1) is 0 Å². The Kier molecular flexibility index (Phi) is 21.8. The van der Waals surface area contributed by atoms with E-state index in [2.05, 4.69) is 15.4 Å². The quantitative estimate of drug-likeness (QED) is 0.101. The van der Waals surface area contributed by atoms with Gasteiger partial charge >= 0.3 is 11.9 Å². The summed E-state index contributed by atoms with van der Waals surface area (Å²) in [6, 6.07) is 0. The number of amides is 2. The highest BCUT2D eigenvalue weighted by Gasteiger charge is 2.02. The molecular weight excluding hydrogens is 452 g/mol. The molecule has 0 aliphatic heterocycles. The maximum Gasteiger partial charge on any atom is 0.330 e. The predicted molar refractivity (Wildman–Crippen MR) is 121 cm³/mol. The van der Waals surface area contributed by atoms with Gasteiger partial charge < -0.3 is 39.4 Å². The summed E-state index contributed by atoms with van der Waals surface area (Å²) in [5.74, 6) is -1.88. The molecule has 0 atom stereocenters. The standard InChI is InChI=1S/C22H38N2O10/c1-30-22(29)7-6-20(26)23-9-4-2-3-5-19(25)24-10-12-32-14-16-34-18-17-33-15-13-31-11-8-21(27)28/h6-7H,2-5,8-18H2,1H3,(H,23,26)(H,24,25)(H,27,28)/b7-6-. The SMILES string of the molecule is COC(=O)/C=C\C(=O)NCCCCCC(=O)NCCOCCOCCOCCOCCC(=O)O. The van der Waals surface area contributed by atoms with E-state index in [-0.39, 0.29) is 24.8 Å². The van der Waals surface area contributed by atoms with Gasteiger partial charge in [0.1, 0.15) is 0 Å². The zero-order valence-electron chi connectivity index (χ0n) is 19.9. The van der Waals surface area contributed by atoms with Gasteiger partial charge in [-0.05, 0) is 12.8 Å². The number of carboxylic acids is 1. The van der Waals surface area contributed by atoms with Gasteiger partial charge in [0.05, 0.1) is 66.4 Å². The van der Waals surface area contributed by atoms with Crippen LogP contribution in [0.25, 0.3) is 0 Å². The maximum atomic E-state index is 11.7. The van der Waals surface area contributed by atoms with E-state index in [9.17, 15) is 19.2 Å². The normalized spacial score (nSPS) is 10.9. The number of methoxy groups -OCH3 is 1. The third-order valence-corrected chi connectivity index (χ3v) is 4.10. The van der Waals surface area contributed by atoms with E-state index in [0.29, 0.717) is 72.2 Å². The molecule has 0 bridgehead atoms. The molecule has 0 rings (SSSR count). The van der Waals surface area contributed by atoms with Crippen LogP contribution in [-0.4, -0.2) is 102 Å². The molecule has 2 amide bonds. The highest BCUT2D eigenvalue weighted by molar-refractivity contribution is 5.94. The van der Waals surface area contributed by atoms with Gasteiger partial charge in [0.15, 0.2) is 0 Å². The third-order valence-electron chi connectivity index (χ3n) is 4.10. The zero-order chi connectivity index (χ0) is 25.3. The van der Waals surface area contributed by atoms with E-state index in [4.69, 9.17) is 24.1 Å². The molecular formula is C22H38N2O10. The van der Waals surface area contributed by atoms with Crippen molar-refractivity contribution >= 4 is 23.8 Å². The largest absolute Gasteiger partial charge is 0.481 e. The molecule has 12 heteroatoms. The van der Waals surface area contributed by atoms with Crippen molar-refractivity contribution in [2.24, 2.45) is 0 Å². The number of unbranched alkanes of at least 4 members (excludes halogenated alkanes) is 2.